The molecule has 1 N–H and O–H groups in total. The van der Waals surface area contributed by atoms with Crippen LogP contribution in [0.4, 0.5) is 5.69 Å². The Hall–Kier alpha value is -3.17. The van der Waals surface area contributed by atoms with E-state index in [1.165, 1.54) is 17.0 Å². The molecule has 0 aliphatic carbocycles. The minimum Gasteiger partial charge on any atom is -0.352 e. The number of rotatable bonds is 12. The highest BCUT2D eigenvalue weighted by Gasteiger charge is 2.33. The van der Waals surface area contributed by atoms with Crippen LogP contribution in [0.3, 0.4) is 0 Å². The van der Waals surface area contributed by atoms with Crippen LogP contribution < -0.4 is 9.62 Å². The van der Waals surface area contributed by atoms with Crippen molar-refractivity contribution in [1.29, 1.82) is 0 Å². The van der Waals surface area contributed by atoms with Gasteiger partial charge in [-0.25, -0.2) is 8.42 Å². The summed E-state index contributed by atoms with van der Waals surface area (Å²) in [5.41, 5.74) is 2.29. The van der Waals surface area contributed by atoms with Gasteiger partial charge in [0.05, 0.1) is 10.6 Å². The third-order valence-corrected chi connectivity index (χ3v) is 8.57. The van der Waals surface area contributed by atoms with E-state index in [0.29, 0.717) is 23.0 Å². The van der Waals surface area contributed by atoms with E-state index in [4.69, 9.17) is 0 Å². The van der Waals surface area contributed by atoms with Crippen LogP contribution in [0.15, 0.2) is 88.2 Å². The first-order chi connectivity index (χ1) is 18.5. The van der Waals surface area contributed by atoms with Gasteiger partial charge in [-0.3, -0.25) is 13.9 Å². The quantitative estimate of drug-likeness (QED) is 0.299. The molecule has 0 bridgehead atoms. The molecule has 0 saturated carbocycles. The molecule has 0 radical (unpaired) electrons. The van der Waals surface area contributed by atoms with Gasteiger partial charge in [-0.2, -0.15) is 0 Å². The van der Waals surface area contributed by atoms with E-state index in [2.05, 4.69) is 21.2 Å². The molecule has 0 fully saturated rings. The highest BCUT2D eigenvalue weighted by molar-refractivity contribution is 9.10. The Labute approximate surface area is 240 Å². The Morgan fingerprint density at radius 2 is 1.62 bits per heavy atom. The second kappa shape index (κ2) is 13.8. The van der Waals surface area contributed by atoms with Crippen molar-refractivity contribution in [3.8, 4) is 0 Å². The third kappa shape index (κ3) is 8.16. The van der Waals surface area contributed by atoms with Gasteiger partial charge in [0.2, 0.25) is 11.8 Å². The van der Waals surface area contributed by atoms with Crippen molar-refractivity contribution in [2.75, 3.05) is 17.4 Å². The van der Waals surface area contributed by atoms with Gasteiger partial charge < -0.3 is 10.2 Å². The van der Waals surface area contributed by atoms with Crippen LogP contribution in [0.2, 0.25) is 0 Å². The van der Waals surface area contributed by atoms with Crippen LogP contribution in [-0.2, 0) is 26.0 Å². The van der Waals surface area contributed by atoms with Crippen molar-refractivity contribution in [1.82, 2.24) is 10.2 Å². The molecule has 0 unspecified atom stereocenters. The summed E-state index contributed by atoms with van der Waals surface area (Å²) < 4.78 is 29.5. The molecule has 3 aromatic carbocycles. The van der Waals surface area contributed by atoms with Gasteiger partial charge in [0, 0.05) is 17.1 Å². The fourth-order valence-corrected chi connectivity index (χ4v) is 6.07. The predicted octanol–water partition coefficient (Wildman–Crippen LogP) is 5.33. The second-order valence-electron chi connectivity index (χ2n) is 9.71. The molecule has 39 heavy (non-hydrogen) atoms. The number of nitrogens with one attached hydrogen (secondary N) is 1. The zero-order valence-electron chi connectivity index (χ0n) is 22.8. The van der Waals surface area contributed by atoms with Crippen LogP contribution in [0.5, 0.6) is 0 Å². The number of hydrogen-bond acceptors (Lipinski definition) is 4. The number of anilines is 1. The molecular formula is C30H36BrN3O4S. The number of carbonyl (C=O) groups excluding carboxylic acids is 2. The normalized spacial score (nSPS) is 12.2. The van der Waals surface area contributed by atoms with Crippen molar-refractivity contribution < 1.29 is 18.0 Å². The van der Waals surface area contributed by atoms with Crippen LogP contribution in [-0.4, -0.2) is 50.3 Å². The molecule has 208 valence electrons. The Balaban J connectivity index is 2.01. The average Bonchev–Trinajstić information content (AvgIpc) is 2.89. The van der Waals surface area contributed by atoms with Crippen molar-refractivity contribution >= 4 is 43.5 Å². The lowest BCUT2D eigenvalue weighted by atomic mass is 10.1. The molecule has 0 aromatic heterocycles. The zero-order chi connectivity index (χ0) is 28.6. The Kier molecular flexibility index (Phi) is 10.7. The van der Waals surface area contributed by atoms with E-state index < -0.39 is 28.5 Å². The first-order valence-corrected chi connectivity index (χ1v) is 15.2. The molecule has 1 atom stereocenters. The van der Waals surface area contributed by atoms with E-state index >= 15 is 0 Å². The summed E-state index contributed by atoms with van der Waals surface area (Å²) in [7, 11) is -4.09. The average molecular weight is 615 g/mol. The zero-order valence-corrected chi connectivity index (χ0v) is 25.2. The van der Waals surface area contributed by atoms with Gasteiger partial charge in [0.1, 0.15) is 12.6 Å². The standard InChI is InChI=1S/C30H36BrN3O4S/c1-5-28(30(36)32-22(2)3)33(19-18-24-10-7-6-8-11-24)29(35)21-34(26-13-9-12-25(31)20-26)39(37,38)27-16-14-23(4)15-17-27/h6-17,20,22,28H,5,18-19,21H2,1-4H3,(H,32,36)/t28-/m1/s1. The number of aryl methyl sites for hydroxylation is 1. The minimum absolute atomic E-state index is 0.0845. The van der Waals surface area contributed by atoms with Gasteiger partial charge in [-0.05, 0) is 69.5 Å². The number of hydrogen-bond donors (Lipinski definition) is 1. The fourth-order valence-electron chi connectivity index (χ4n) is 4.27. The smallest absolute Gasteiger partial charge is 0.264 e. The van der Waals surface area contributed by atoms with Crippen LogP contribution in [0, 0.1) is 6.92 Å². The molecule has 0 aliphatic heterocycles. The number of amides is 2. The highest BCUT2D eigenvalue weighted by atomic mass is 79.9. The van der Waals surface area contributed by atoms with Crippen molar-refractivity contribution in [3.63, 3.8) is 0 Å². The molecule has 2 amide bonds. The van der Waals surface area contributed by atoms with Crippen LogP contribution >= 0.6 is 15.9 Å². The molecule has 0 aliphatic rings. The molecule has 3 rings (SSSR count). The maximum atomic E-state index is 14.0. The van der Waals surface area contributed by atoms with Crippen LogP contribution in [0.1, 0.15) is 38.3 Å². The molecule has 7 nitrogen and oxygen atoms in total. The van der Waals surface area contributed by atoms with Crippen molar-refractivity contribution in [3.05, 3.63) is 94.5 Å². The lowest BCUT2D eigenvalue weighted by Crippen LogP contribution is -2.54. The number of carbonyl (C=O) groups is 2. The predicted molar refractivity (Wildman–Crippen MR) is 159 cm³/mol. The summed E-state index contributed by atoms with van der Waals surface area (Å²) in [4.78, 5) is 28.7. The monoisotopic (exact) mass is 613 g/mol. The lowest BCUT2D eigenvalue weighted by Gasteiger charge is -2.33. The Morgan fingerprint density at radius 3 is 2.21 bits per heavy atom. The minimum atomic E-state index is -4.09. The maximum Gasteiger partial charge on any atom is 0.264 e. The van der Waals surface area contributed by atoms with E-state index in [0.717, 1.165) is 15.4 Å². The van der Waals surface area contributed by atoms with Crippen molar-refractivity contribution in [2.45, 2.75) is 57.5 Å². The number of halogens is 1. The summed E-state index contributed by atoms with van der Waals surface area (Å²) in [5, 5.41) is 2.91. The number of benzene rings is 3. The van der Waals surface area contributed by atoms with E-state index in [1.807, 2.05) is 58.0 Å². The van der Waals surface area contributed by atoms with Gasteiger partial charge >= 0.3 is 0 Å². The lowest BCUT2D eigenvalue weighted by molar-refractivity contribution is -0.139. The largest absolute Gasteiger partial charge is 0.352 e. The molecule has 0 saturated heterocycles. The van der Waals surface area contributed by atoms with E-state index in [9.17, 15) is 18.0 Å². The summed E-state index contributed by atoms with van der Waals surface area (Å²) in [5.74, 6) is -0.711. The molecular weight excluding hydrogens is 578 g/mol. The fraction of sp³-hybridized carbons (Fsp3) is 0.333. The van der Waals surface area contributed by atoms with Crippen LogP contribution in [0.25, 0.3) is 0 Å². The molecule has 3 aromatic rings. The van der Waals surface area contributed by atoms with Crippen molar-refractivity contribution in [2.24, 2.45) is 0 Å². The van der Waals surface area contributed by atoms with E-state index in [-0.39, 0.29) is 23.4 Å². The first kappa shape index (κ1) is 30.4. The van der Waals surface area contributed by atoms with Gasteiger partial charge in [-0.1, -0.05) is 76.9 Å². The van der Waals surface area contributed by atoms with Gasteiger partial charge in [-0.15, -0.1) is 0 Å². The Bertz CT molecular complexity index is 1360. The highest BCUT2D eigenvalue weighted by Crippen LogP contribution is 2.27. The van der Waals surface area contributed by atoms with E-state index in [1.54, 1.807) is 36.4 Å². The first-order valence-electron chi connectivity index (χ1n) is 13.0. The Morgan fingerprint density at radius 1 is 0.949 bits per heavy atom. The maximum absolute atomic E-state index is 14.0. The number of sulfonamides is 1. The molecule has 0 spiro atoms. The summed E-state index contributed by atoms with van der Waals surface area (Å²) in [6, 6.07) is 22.2. The second-order valence-corrected chi connectivity index (χ2v) is 12.5. The third-order valence-electron chi connectivity index (χ3n) is 6.29. The molecule has 0 heterocycles. The van der Waals surface area contributed by atoms with Gasteiger partial charge in [0.25, 0.3) is 10.0 Å². The summed E-state index contributed by atoms with van der Waals surface area (Å²) >= 11 is 3.42. The SMILES string of the molecule is CC[C@H](C(=O)NC(C)C)N(CCc1ccccc1)C(=O)CN(c1cccc(Br)c1)S(=O)(=O)c1ccc(C)cc1. The summed E-state index contributed by atoms with van der Waals surface area (Å²) in [6.07, 6.45) is 0.917. The molecule has 9 heteroatoms. The van der Waals surface area contributed by atoms with Gasteiger partial charge in [0.15, 0.2) is 0 Å². The topological polar surface area (TPSA) is 86.8 Å². The number of nitrogens with zero attached hydrogens (tertiary/aromatic N) is 2. The summed E-state index contributed by atoms with van der Waals surface area (Å²) in [6.45, 7) is 7.27.